The average Bonchev–Trinajstić information content (AvgIpc) is 2.15. The van der Waals surface area contributed by atoms with E-state index < -0.39 is 11.8 Å². The zero-order chi connectivity index (χ0) is 13.0. The van der Waals surface area contributed by atoms with Crippen LogP contribution in [0, 0.1) is 6.92 Å². The predicted molar refractivity (Wildman–Crippen MR) is 63.6 cm³/mol. The van der Waals surface area contributed by atoms with E-state index in [2.05, 4.69) is 5.32 Å². The minimum Gasteiger partial charge on any atom is -0.507 e. The Balaban J connectivity index is 2.73. The molecule has 0 saturated heterocycles. The normalized spacial score (nSPS) is 11.9. The lowest BCUT2D eigenvalue weighted by Gasteiger charge is -2.12. The number of nitrogens with two attached hydrogens (primary N) is 1. The Hall–Kier alpha value is -2.04. The van der Waals surface area contributed by atoms with Crippen molar-refractivity contribution in [3.8, 4) is 5.75 Å². The number of carbonyl (C=O) groups excluding carboxylic acids is 2. The van der Waals surface area contributed by atoms with Gasteiger partial charge in [-0.3, -0.25) is 9.59 Å². The first-order valence-corrected chi connectivity index (χ1v) is 5.29. The van der Waals surface area contributed by atoms with Crippen LogP contribution in [0.1, 0.15) is 29.3 Å². The van der Waals surface area contributed by atoms with Gasteiger partial charge < -0.3 is 16.2 Å². The molecule has 1 aromatic carbocycles. The fourth-order valence-electron chi connectivity index (χ4n) is 1.49. The van der Waals surface area contributed by atoms with Crippen LogP contribution >= 0.6 is 0 Å². The SMILES string of the molecule is Cc1ccc(C(=O)NC(C)CC(N)=O)c(O)c1. The number of phenols is 1. The van der Waals surface area contributed by atoms with Crippen LogP contribution < -0.4 is 11.1 Å². The molecule has 0 aliphatic heterocycles. The number of hydrogen-bond donors (Lipinski definition) is 3. The van der Waals surface area contributed by atoms with E-state index in [1.807, 2.05) is 6.92 Å². The third-order valence-corrected chi connectivity index (χ3v) is 2.28. The maximum Gasteiger partial charge on any atom is 0.255 e. The van der Waals surface area contributed by atoms with Crippen molar-refractivity contribution in [1.29, 1.82) is 0 Å². The van der Waals surface area contributed by atoms with Crippen molar-refractivity contribution in [3.63, 3.8) is 0 Å². The minimum absolute atomic E-state index is 0.0678. The summed E-state index contributed by atoms with van der Waals surface area (Å²) in [4.78, 5) is 22.4. The van der Waals surface area contributed by atoms with Gasteiger partial charge in [0.2, 0.25) is 5.91 Å². The van der Waals surface area contributed by atoms with Gasteiger partial charge in [-0.2, -0.15) is 0 Å². The topological polar surface area (TPSA) is 92.4 Å². The van der Waals surface area contributed by atoms with Gasteiger partial charge in [-0.25, -0.2) is 0 Å². The fraction of sp³-hybridized carbons (Fsp3) is 0.333. The summed E-state index contributed by atoms with van der Waals surface area (Å²) in [5.74, 6) is -0.976. The van der Waals surface area contributed by atoms with Crippen LogP contribution in [0.3, 0.4) is 0 Å². The summed E-state index contributed by atoms with van der Waals surface area (Å²) in [5, 5.41) is 12.2. The second kappa shape index (κ2) is 5.34. The monoisotopic (exact) mass is 236 g/mol. The molecule has 4 N–H and O–H groups in total. The molecule has 0 fully saturated rings. The summed E-state index contributed by atoms with van der Waals surface area (Å²) < 4.78 is 0. The summed E-state index contributed by atoms with van der Waals surface area (Å²) >= 11 is 0. The van der Waals surface area contributed by atoms with E-state index in [9.17, 15) is 14.7 Å². The maximum atomic E-state index is 11.7. The number of amides is 2. The summed E-state index contributed by atoms with van der Waals surface area (Å²) in [6.45, 7) is 3.49. The van der Waals surface area contributed by atoms with Crippen molar-refractivity contribution in [2.24, 2.45) is 5.73 Å². The Bertz CT molecular complexity index is 443. The number of hydrogen-bond acceptors (Lipinski definition) is 3. The Morgan fingerprint density at radius 1 is 1.47 bits per heavy atom. The molecule has 5 heteroatoms. The highest BCUT2D eigenvalue weighted by Crippen LogP contribution is 2.18. The number of rotatable bonds is 4. The number of carbonyl (C=O) groups is 2. The summed E-state index contributed by atoms with van der Waals surface area (Å²) in [6, 6.07) is 4.42. The van der Waals surface area contributed by atoms with E-state index in [1.54, 1.807) is 13.0 Å². The third-order valence-electron chi connectivity index (χ3n) is 2.28. The van der Waals surface area contributed by atoms with E-state index in [4.69, 9.17) is 5.73 Å². The smallest absolute Gasteiger partial charge is 0.255 e. The van der Waals surface area contributed by atoms with Crippen LogP contribution in [0.25, 0.3) is 0 Å². The molecular weight excluding hydrogens is 220 g/mol. The van der Waals surface area contributed by atoms with Crippen molar-refractivity contribution < 1.29 is 14.7 Å². The molecule has 0 aliphatic rings. The van der Waals surface area contributed by atoms with Crippen LogP contribution in [0.2, 0.25) is 0 Å². The van der Waals surface area contributed by atoms with Crippen LogP contribution in [0.5, 0.6) is 5.75 Å². The molecular formula is C12H16N2O3. The summed E-state index contributed by atoms with van der Waals surface area (Å²) in [5.41, 5.74) is 6.07. The minimum atomic E-state index is -0.481. The molecule has 5 nitrogen and oxygen atoms in total. The van der Waals surface area contributed by atoms with Gasteiger partial charge in [0.1, 0.15) is 5.75 Å². The van der Waals surface area contributed by atoms with Gasteiger partial charge >= 0.3 is 0 Å². The van der Waals surface area contributed by atoms with Crippen LogP contribution in [0.15, 0.2) is 18.2 Å². The number of aryl methyl sites for hydroxylation is 1. The lowest BCUT2D eigenvalue weighted by Crippen LogP contribution is -2.35. The van der Waals surface area contributed by atoms with Crippen LogP contribution in [-0.4, -0.2) is 23.0 Å². The first-order valence-electron chi connectivity index (χ1n) is 5.29. The predicted octanol–water partition coefficient (Wildman–Crippen LogP) is 0.694. The van der Waals surface area contributed by atoms with Gasteiger partial charge in [-0.1, -0.05) is 6.07 Å². The number of phenolic OH excluding ortho intramolecular Hbond substituents is 1. The maximum absolute atomic E-state index is 11.7. The third kappa shape index (κ3) is 3.79. The standard InChI is InChI=1S/C12H16N2O3/c1-7-3-4-9(10(15)5-7)12(17)14-8(2)6-11(13)16/h3-5,8,15H,6H2,1-2H3,(H2,13,16)(H,14,17). The number of benzene rings is 1. The van der Waals surface area contributed by atoms with Crippen molar-refractivity contribution in [3.05, 3.63) is 29.3 Å². The Morgan fingerprint density at radius 2 is 2.12 bits per heavy atom. The van der Waals surface area contributed by atoms with Gasteiger partial charge in [0.25, 0.3) is 5.91 Å². The van der Waals surface area contributed by atoms with E-state index in [-0.39, 0.29) is 23.8 Å². The molecule has 1 rings (SSSR count). The molecule has 0 heterocycles. The lowest BCUT2D eigenvalue weighted by molar-refractivity contribution is -0.118. The molecule has 1 unspecified atom stereocenters. The molecule has 2 amide bonds. The first kappa shape index (κ1) is 13.0. The molecule has 1 atom stereocenters. The van der Waals surface area contributed by atoms with Crippen molar-refractivity contribution in [1.82, 2.24) is 5.32 Å². The summed E-state index contributed by atoms with van der Waals surface area (Å²) in [6.07, 6.45) is 0.0678. The molecule has 0 aliphatic carbocycles. The van der Waals surface area contributed by atoms with Gasteiger partial charge in [0.15, 0.2) is 0 Å². The van der Waals surface area contributed by atoms with E-state index in [0.29, 0.717) is 0 Å². The highest BCUT2D eigenvalue weighted by atomic mass is 16.3. The fourth-order valence-corrected chi connectivity index (χ4v) is 1.49. The summed E-state index contributed by atoms with van der Waals surface area (Å²) in [7, 11) is 0. The molecule has 0 radical (unpaired) electrons. The molecule has 17 heavy (non-hydrogen) atoms. The van der Waals surface area contributed by atoms with Crippen LogP contribution in [0.4, 0.5) is 0 Å². The van der Waals surface area contributed by atoms with Crippen molar-refractivity contribution in [2.75, 3.05) is 0 Å². The first-order chi connectivity index (χ1) is 7.90. The zero-order valence-corrected chi connectivity index (χ0v) is 9.86. The van der Waals surface area contributed by atoms with E-state index in [0.717, 1.165) is 5.56 Å². The van der Waals surface area contributed by atoms with Gasteiger partial charge in [0.05, 0.1) is 5.56 Å². The second-order valence-electron chi connectivity index (χ2n) is 4.07. The molecule has 0 bridgehead atoms. The average molecular weight is 236 g/mol. The van der Waals surface area contributed by atoms with Gasteiger partial charge in [-0.15, -0.1) is 0 Å². The Kier molecular flexibility index (Phi) is 4.09. The van der Waals surface area contributed by atoms with E-state index in [1.165, 1.54) is 12.1 Å². The Morgan fingerprint density at radius 3 is 2.65 bits per heavy atom. The highest BCUT2D eigenvalue weighted by Gasteiger charge is 2.14. The van der Waals surface area contributed by atoms with E-state index >= 15 is 0 Å². The number of nitrogens with one attached hydrogen (secondary N) is 1. The molecule has 1 aromatic rings. The van der Waals surface area contributed by atoms with Crippen LogP contribution in [-0.2, 0) is 4.79 Å². The lowest BCUT2D eigenvalue weighted by atomic mass is 10.1. The number of primary amides is 1. The molecule has 0 aromatic heterocycles. The Labute approximate surface area is 99.6 Å². The van der Waals surface area contributed by atoms with Crippen molar-refractivity contribution in [2.45, 2.75) is 26.3 Å². The van der Waals surface area contributed by atoms with Crippen molar-refractivity contribution >= 4 is 11.8 Å². The molecule has 0 saturated carbocycles. The van der Waals surface area contributed by atoms with Gasteiger partial charge in [-0.05, 0) is 31.5 Å². The largest absolute Gasteiger partial charge is 0.507 e. The molecule has 92 valence electrons. The zero-order valence-electron chi connectivity index (χ0n) is 9.86. The quantitative estimate of drug-likeness (QED) is 0.718. The van der Waals surface area contributed by atoms with Gasteiger partial charge in [0, 0.05) is 12.5 Å². The number of aromatic hydroxyl groups is 1. The molecule has 0 spiro atoms. The highest BCUT2D eigenvalue weighted by molar-refractivity contribution is 5.97. The second-order valence-corrected chi connectivity index (χ2v) is 4.07.